The minimum Gasteiger partial charge on any atom is -0.388 e. The third kappa shape index (κ3) is 4.84. The summed E-state index contributed by atoms with van der Waals surface area (Å²) in [6.45, 7) is 7.08. The second-order valence-electron chi connectivity index (χ2n) is 7.02. The van der Waals surface area contributed by atoms with Gasteiger partial charge in [0.15, 0.2) is 6.23 Å². The molecule has 1 unspecified atom stereocenters. The van der Waals surface area contributed by atoms with Crippen molar-refractivity contribution in [2.75, 3.05) is 26.0 Å². The van der Waals surface area contributed by atoms with Gasteiger partial charge in [-0.05, 0) is 25.9 Å². The van der Waals surface area contributed by atoms with Gasteiger partial charge in [0.1, 0.15) is 18.0 Å². The predicted molar refractivity (Wildman–Crippen MR) is 101 cm³/mol. The van der Waals surface area contributed by atoms with Gasteiger partial charge in [0, 0.05) is 12.7 Å². The van der Waals surface area contributed by atoms with Gasteiger partial charge < -0.3 is 30.9 Å². The molecule has 0 aromatic heterocycles. The highest BCUT2D eigenvalue weighted by molar-refractivity contribution is 7.72. The van der Waals surface area contributed by atoms with Crippen LogP contribution in [0.15, 0.2) is 36.3 Å². The van der Waals surface area contributed by atoms with Gasteiger partial charge in [-0.3, -0.25) is 4.79 Å². The number of hydrogen-bond donors (Lipinski definition) is 4. The molecule has 0 aromatic carbocycles. The lowest BCUT2D eigenvalue weighted by atomic mass is 10.1. The molecule has 2 heterocycles. The van der Waals surface area contributed by atoms with Crippen molar-refractivity contribution < 1.29 is 19.7 Å². The fourth-order valence-electron chi connectivity index (χ4n) is 2.77. The van der Waals surface area contributed by atoms with E-state index < -0.39 is 31.4 Å². The van der Waals surface area contributed by atoms with Crippen molar-refractivity contribution in [3.63, 3.8) is 0 Å². The van der Waals surface area contributed by atoms with Crippen LogP contribution in [0.1, 0.15) is 6.42 Å². The number of rotatable bonds is 6. The molecule has 0 spiro atoms. The molecule has 1 saturated heterocycles. The molecule has 0 radical (unpaired) electrons. The van der Waals surface area contributed by atoms with E-state index in [1.165, 1.54) is 4.90 Å². The normalized spacial score (nSPS) is 30.8. The molecule has 4 atom stereocenters. The van der Waals surface area contributed by atoms with Crippen LogP contribution in [0.2, 0.25) is 0 Å². The first-order chi connectivity index (χ1) is 11.6. The van der Waals surface area contributed by atoms with Crippen molar-refractivity contribution in [2.45, 2.75) is 31.0 Å². The Morgan fingerprint density at radius 1 is 1.44 bits per heavy atom. The summed E-state index contributed by atoms with van der Waals surface area (Å²) in [4.78, 5) is 13.5. The van der Waals surface area contributed by atoms with Gasteiger partial charge in [0.05, 0.1) is 11.7 Å². The zero-order valence-electron chi connectivity index (χ0n) is 14.8. The zero-order valence-corrected chi connectivity index (χ0v) is 15.7. The molecule has 2 aliphatic rings. The highest BCUT2D eigenvalue weighted by Gasteiger charge is 2.46. The summed E-state index contributed by atoms with van der Waals surface area (Å²) < 4.78 is 5.89. The van der Waals surface area contributed by atoms with Crippen LogP contribution in [0.5, 0.6) is 0 Å². The first kappa shape index (κ1) is 19.9. The highest BCUT2D eigenvalue weighted by Crippen LogP contribution is 2.38. The number of ether oxygens (including phenoxy) is 1. The fraction of sp³-hybridized carbons (Fsp3) is 0.529. The first-order valence-electron chi connectivity index (χ1n) is 8.20. The Morgan fingerprint density at radius 3 is 2.72 bits per heavy atom. The largest absolute Gasteiger partial charge is 0.388 e. The Balaban J connectivity index is 2.17. The minimum absolute atomic E-state index is 0.289. The molecular formula is C17H28N3O4P. The molecule has 8 heteroatoms. The first-order valence-corrected chi connectivity index (χ1v) is 11.3. The average Bonchev–Trinajstić information content (AvgIpc) is 2.80. The zero-order chi connectivity index (χ0) is 18.8. The fourth-order valence-corrected chi connectivity index (χ4v) is 3.72. The van der Waals surface area contributed by atoms with Crippen LogP contribution < -0.4 is 11.1 Å². The number of aliphatic hydroxyl groups is 2. The topological polar surface area (TPSA) is 108 Å². The number of aliphatic hydroxyl groups excluding tert-OH is 2. The van der Waals surface area contributed by atoms with E-state index in [2.05, 4.69) is 31.5 Å². The molecule has 1 amide bonds. The van der Waals surface area contributed by atoms with Crippen molar-refractivity contribution in [3.8, 4) is 0 Å². The standard InChI is InChI=1S/C17H28N3O4P/c1-11-19-16(23)12(6-5-8-18)10-20(11)17-15(22)14(21)13(24-17)7-9-25(2,3)4/h5-6,10,13-15,17,21-22H,1-2,7-9,18H2,3-4H3,(H,19,23)/b6-5+/t13-,14-,15-,17?/m1/s1. The van der Waals surface area contributed by atoms with Crippen LogP contribution in [0.25, 0.3) is 0 Å². The third-order valence-electron chi connectivity index (χ3n) is 4.17. The third-order valence-corrected chi connectivity index (χ3v) is 5.64. The number of nitrogens with zero attached hydrogens (tertiary/aromatic N) is 1. The summed E-state index contributed by atoms with van der Waals surface area (Å²) in [6, 6.07) is 0. The predicted octanol–water partition coefficient (Wildman–Crippen LogP) is -0.166. The van der Waals surface area contributed by atoms with Crippen LogP contribution in [0, 0.1) is 0 Å². The Kier molecular flexibility index (Phi) is 6.30. The van der Waals surface area contributed by atoms with E-state index in [0.29, 0.717) is 18.5 Å². The summed E-state index contributed by atoms with van der Waals surface area (Å²) in [5, 5.41) is 23.4. The lowest BCUT2D eigenvalue weighted by molar-refractivity contribution is -0.119. The maximum Gasteiger partial charge on any atom is 0.258 e. The van der Waals surface area contributed by atoms with E-state index in [-0.39, 0.29) is 11.7 Å². The van der Waals surface area contributed by atoms with E-state index in [1.807, 2.05) is 0 Å². The summed E-state index contributed by atoms with van der Waals surface area (Å²) in [5.74, 6) is -0.0177. The van der Waals surface area contributed by atoms with E-state index in [4.69, 9.17) is 10.5 Å². The molecule has 1 fully saturated rings. The molecular weight excluding hydrogens is 341 g/mol. The number of nitrogens with one attached hydrogen (secondary N) is 1. The van der Waals surface area contributed by atoms with Gasteiger partial charge >= 0.3 is 0 Å². The molecule has 2 rings (SSSR count). The van der Waals surface area contributed by atoms with Crippen LogP contribution in [0.4, 0.5) is 0 Å². The Morgan fingerprint density at radius 2 is 2.12 bits per heavy atom. The molecule has 0 saturated carbocycles. The van der Waals surface area contributed by atoms with Crippen molar-refractivity contribution in [3.05, 3.63) is 36.3 Å². The summed E-state index contributed by atoms with van der Waals surface area (Å²) in [5.41, 5.74) is 5.80. The molecule has 0 aromatic rings. The van der Waals surface area contributed by atoms with Gasteiger partial charge in [-0.1, -0.05) is 18.7 Å². The maximum absolute atomic E-state index is 12.0. The van der Waals surface area contributed by atoms with Gasteiger partial charge in [-0.25, -0.2) is 0 Å². The molecule has 7 nitrogen and oxygen atoms in total. The SMILES string of the molecule is C=C1NC(=O)C(/C=C/CN)=CN1C1O[C@H](CCP(=C)(C)C)[C@@H](O)[C@H]1O. The Labute approximate surface area is 148 Å². The van der Waals surface area contributed by atoms with E-state index >= 15 is 0 Å². The summed E-state index contributed by atoms with van der Waals surface area (Å²) in [6.07, 6.45) is 7.01. The van der Waals surface area contributed by atoms with Crippen LogP contribution in [-0.2, 0) is 9.53 Å². The highest BCUT2D eigenvalue weighted by atomic mass is 31.2. The Bertz CT molecular complexity index is 640. The molecule has 140 valence electrons. The second-order valence-corrected chi connectivity index (χ2v) is 11.3. The van der Waals surface area contributed by atoms with Crippen molar-refractivity contribution in [2.24, 2.45) is 5.73 Å². The number of hydrogen-bond acceptors (Lipinski definition) is 6. The molecule has 0 aliphatic carbocycles. The maximum atomic E-state index is 12.0. The van der Waals surface area contributed by atoms with Crippen LogP contribution in [-0.4, -0.2) is 77.9 Å². The second kappa shape index (κ2) is 7.89. The van der Waals surface area contributed by atoms with Crippen molar-refractivity contribution >= 4 is 19.1 Å². The summed E-state index contributed by atoms with van der Waals surface area (Å²) in [7, 11) is 0. The van der Waals surface area contributed by atoms with Crippen molar-refractivity contribution in [1.82, 2.24) is 10.2 Å². The quantitative estimate of drug-likeness (QED) is 0.485. The monoisotopic (exact) mass is 369 g/mol. The molecule has 25 heavy (non-hydrogen) atoms. The lowest BCUT2D eigenvalue weighted by Crippen LogP contribution is -2.47. The molecule has 5 N–H and O–H groups in total. The van der Waals surface area contributed by atoms with Gasteiger partial charge in [0.2, 0.25) is 0 Å². The lowest BCUT2D eigenvalue weighted by Gasteiger charge is -2.34. The number of nitrogens with two attached hydrogens (primary N) is 1. The van der Waals surface area contributed by atoms with E-state index in [9.17, 15) is 15.0 Å². The number of carbonyl (C=O) groups excluding carboxylic acids is 1. The number of carbonyl (C=O) groups is 1. The minimum atomic E-state index is -1.25. The summed E-state index contributed by atoms with van der Waals surface area (Å²) >= 11 is 0. The van der Waals surface area contributed by atoms with E-state index in [0.717, 1.165) is 6.16 Å². The van der Waals surface area contributed by atoms with Crippen LogP contribution >= 0.6 is 6.89 Å². The van der Waals surface area contributed by atoms with Crippen LogP contribution in [0.3, 0.4) is 0 Å². The molecule has 2 aliphatic heterocycles. The average molecular weight is 369 g/mol. The van der Waals surface area contributed by atoms with Gasteiger partial charge in [0.25, 0.3) is 5.91 Å². The molecule has 0 bridgehead atoms. The van der Waals surface area contributed by atoms with Crippen molar-refractivity contribution in [1.29, 1.82) is 0 Å². The smallest absolute Gasteiger partial charge is 0.258 e. The van der Waals surface area contributed by atoms with Gasteiger partial charge in [-0.2, -0.15) is 0 Å². The Hall–Kier alpha value is -1.37. The number of amides is 1. The van der Waals surface area contributed by atoms with E-state index in [1.54, 1.807) is 18.4 Å². The van der Waals surface area contributed by atoms with Gasteiger partial charge in [-0.15, -0.1) is 13.2 Å².